The van der Waals surface area contributed by atoms with Gasteiger partial charge in [0.2, 0.25) is 10.0 Å². The van der Waals surface area contributed by atoms with Crippen LogP contribution >= 0.6 is 0 Å². The predicted octanol–water partition coefficient (Wildman–Crippen LogP) is 1.25. The van der Waals surface area contributed by atoms with Gasteiger partial charge in [0.25, 0.3) is 0 Å². The molecule has 8 heteroatoms. The number of ether oxygens (including phenoxy) is 2. The maximum Gasteiger partial charge on any atom is 0.322 e. The van der Waals surface area contributed by atoms with E-state index in [1.807, 2.05) is 0 Å². The first-order valence-corrected chi connectivity index (χ1v) is 8.24. The molecule has 0 aliphatic carbocycles. The summed E-state index contributed by atoms with van der Waals surface area (Å²) < 4.78 is 36.9. The van der Waals surface area contributed by atoms with E-state index in [0.29, 0.717) is 24.2 Å². The van der Waals surface area contributed by atoms with Crippen molar-refractivity contribution in [2.24, 2.45) is 0 Å². The Labute approximate surface area is 129 Å². The SMILES string of the molecule is COc1cc(C)c(S(=O)(=O)N2CCC[C@@H]2C(=O)O)cc1OC. The minimum absolute atomic E-state index is 0.0401. The first-order chi connectivity index (χ1) is 10.3. The summed E-state index contributed by atoms with van der Waals surface area (Å²) >= 11 is 0. The zero-order chi connectivity index (χ0) is 16.5. The predicted molar refractivity (Wildman–Crippen MR) is 78.8 cm³/mol. The summed E-state index contributed by atoms with van der Waals surface area (Å²) in [6.07, 6.45) is 0.851. The van der Waals surface area contributed by atoms with Crippen LogP contribution in [0, 0.1) is 6.92 Å². The molecule has 1 saturated heterocycles. The molecule has 1 aliphatic heterocycles. The molecule has 0 unspecified atom stereocenters. The molecule has 0 aromatic heterocycles. The first kappa shape index (κ1) is 16.6. The Morgan fingerprint density at radius 3 is 2.41 bits per heavy atom. The first-order valence-electron chi connectivity index (χ1n) is 6.80. The van der Waals surface area contributed by atoms with Crippen LogP contribution in [0.2, 0.25) is 0 Å². The van der Waals surface area contributed by atoms with Crippen molar-refractivity contribution in [3.05, 3.63) is 17.7 Å². The van der Waals surface area contributed by atoms with Crippen molar-refractivity contribution < 1.29 is 27.8 Å². The van der Waals surface area contributed by atoms with Crippen molar-refractivity contribution in [3.8, 4) is 11.5 Å². The summed E-state index contributed by atoms with van der Waals surface area (Å²) in [7, 11) is -1.02. The van der Waals surface area contributed by atoms with Crippen LogP contribution in [0.15, 0.2) is 17.0 Å². The van der Waals surface area contributed by atoms with Crippen molar-refractivity contribution in [1.29, 1.82) is 0 Å². The van der Waals surface area contributed by atoms with E-state index in [2.05, 4.69) is 0 Å². The van der Waals surface area contributed by atoms with Crippen molar-refractivity contribution in [2.45, 2.75) is 30.7 Å². The molecule has 1 N–H and O–H groups in total. The molecule has 1 aliphatic rings. The molecule has 0 amide bonds. The standard InChI is InChI=1S/C14H19NO6S/c1-9-7-11(20-2)12(21-3)8-13(9)22(18,19)15-6-4-5-10(15)14(16)17/h7-8,10H,4-6H2,1-3H3,(H,16,17)/t10-/m1/s1. The topological polar surface area (TPSA) is 93.1 Å². The fourth-order valence-electron chi connectivity index (χ4n) is 2.64. The lowest BCUT2D eigenvalue weighted by atomic mass is 10.2. The van der Waals surface area contributed by atoms with Gasteiger partial charge in [-0.25, -0.2) is 8.42 Å². The second-order valence-electron chi connectivity index (χ2n) is 5.08. The van der Waals surface area contributed by atoms with Gasteiger partial charge in [-0.3, -0.25) is 4.79 Å². The number of nitrogens with zero attached hydrogens (tertiary/aromatic N) is 1. The minimum atomic E-state index is -3.90. The van der Waals surface area contributed by atoms with E-state index in [4.69, 9.17) is 9.47 Å². The average molecular weight is 329 g/mol. The number of rotatable bonds is 5. The molecule has 0 saturated carbocycles. The normalized spacial score (nSPS) is 19.1. The number of aryl methyl sites for hydroxylation is 1. The van der Waals surface area contributed by atoms with Crippen molar-refractivity contribution in [3.63, 3.8) is 0 Å². The Morgan fingerprint density at radius 2 is 1.86 bits per heavy atom. The van der Waals surface area contributed by atoms with Crippen LogP contribution in [-0.2, 0) is 14.8 Å². The van der Waals surface area contributed by atoms with Crippen LogP contribution in [0.3, 0.4) is 0 Å². The highest BCUT2D eigenvalue weighted by molar-refractivity contribution is 7.89. The Morgan fingerprint density at radius 1 is 1.27 bits per heavy atom. The number of hydrogen-bond donors (Lipinski definition) is 1. The van der Waals surface area contributed by atoms with Crippen LogP contribution in [0.4, 0.5) is 0 Å². The maximum absolute atomic E-state index is 12.8. The quantitative estimate of drug-likeness (QED) is 0.874. The van der Waals surface area contributed by atoms with Crippen LogP contribution in [0.1, 0.15) is 18.4 Å². The zero-order valence-corrected chi connectivity index (χ0v) is 13.5. The van der Waals surface area contributed by atoms with Gasteiger partial charge in [0.1, 0.15) is 6.04 Å². The second kappa shape index (κ2) is 6.13. The molecule has 0 spiro atoms. The van der Waals surface area contributed by atoms with Gasteiger partial charge in [-0.05, 0) is 31.4 Å². The fraction of sp³-hybridized carbons (Fsp3) is 0.500. The molecule has 1 heterocycles. The third-order valence-corrected chi connectivity index (χ3v) is 5.81. The number of benzene rings is 1. The smallest absolute Gasteiger partial charge is 0.322 e. The van der Waals surface area contributed by atoms with Crippen LogP contribution in [-0.4, -0.2) is 50.6 Å². The van der Waals surface area contributed by atoms with E-state index >= 15 is 0 Å². The number of hydrogen-bond acceptors (Lipinski definition) is 5. The molecule has 2 rings (SSSR count). The number of carboxylic acids is 1. The Hall–Kier alpha value is -1.80. The van der Waals surface area contributed by atoms with Crippen molar-refractivity contribution in [2.75, 3.05) is 20.8 Å². The van der Waals surface area contributed by atoms with Gasteiger partial charge < -0.3 is 14.6 Å². The Kier molecular flexibility index (Phi) is 4.62. The van der Waals surface area contributed by atoms with E-state index < -0.39 is 22.0 Å². The van der Waals surface area contributed by atoms with Gasteiger partial charge in [-0.1, -0.05) is 0 Å². The maximum atomic E-state index is 12.8. The lowest BCUT2D eigenvalue weighted by Gasteiger charge is -2.22. The van der Waals surface area contributed by atoms with E-state index in [9.17, 15) is 18.3 Å². The molecule has 1 aromatic carbocycles. The third-order valence-electron chi connectivity index (χ3n) is 3.76. The summed E-state index contributed by atoms with van der Waals surface area (Å²) in [6, 6.07) is 1.93. The molecule has 7 nitrogen and oxygen atoms in total. The van der Waals surface area contributed by atoms with E-state index in [1.54, 1.807) is 13.0 Å². The summed E-state index contributed by atoms with van der Waals surface area (Å²) in [4.78, 5) is 11.3. The molecular formula is C14H19NO6S. The summed E-state index contributed by atoms with van der Waals surface area (Å²) in [5.41, 5.74) is 0.480. The van der Waals surface area contributed by atoms with E-state index in [0.717, 1.165) is 4.31 Å². The monoisotopic (exact) mass is 329 g/mol. The molecule has 1 aromatic rings. The molecule has 0 radical (unpaired) electrons. The number of carbonyl (C=O) groups is 1. The minimum Gasteiger partial charge on any atom is -0.493 e. The number of aliphatic carboxylic acids is 1. The van der Waals surface area contributed by atoms with E-state index in [-0.39, 0.29) is 17.2 Å². The fourth-order valence-corrected chi connectivity index (χ4v) is 4.52. The molecule has 1 fully saturated rings. The highest BCUT2D eigenvalue weighted by atomic mass is 32.2. The second-order valence-corrected chi connectivity index (χ2v) is 6.94. The van der Waals surface area contributed by atoms with Gasteiger partial charge >= 0.3 is 5.97 Å². The van der Waals surface area contributed by atoms with Gasteiger partial charge in [-0.2, -0.15) is 4.31 Å². The highest BCUT2D eigenvalue weighted by Gasteiger charge is 2.40. The van der Waals surface area contributed by atoms with Crippen LogP contribution in [0.5, 0.6) is 11.5 Å². The molecule has 0 bridgehead atoms. The zero-order valence-electron chi connectivity index (χ0n) is 12.7. The molecule has 122 valence electrons. The largest absolute Gasteiger partial charge is 0.493 e. The third kappa shape index (κ3) is 2.76. The molecule has 22 heavy (non-hydrogen) atoms. The van der Waals surface area contributed by atoms with Crippen molar-refractivity contribution >= 4 is 16.0 Å². The molecule has 1 atom stereocenters. The highest BCUT2D eigenvalue weighted by Crippen LogP contribution is 2.35. The summed E-state index contributed by atoms with van der Waals surface area (Å²) in [6.45, 7) is 1.84. The number of methoxy groups -OCH3 is 2. The van der Waals surface area contributed by atoms with E-state index in [1.165, 1.54) is 20.3 Å². The van der Waals surface area contributed by atoms with Gasteiger partial charge in [0.05, 0.1) is 19.1 Å². The van der Waals surface area contributed by atoms with Crippen molar-refractivity contribution in [1.82, 2.24) is 4.31 Å². The summed E-state index contributed by atoms with van der Waals surface area (Å²) in [5, 5.41) is 9.20. The van der Waals surface area contributed by atoms with Gasteiger partial charge in [-0.15, -0.1) is 0 Å². The Bertz CT molecular complexity index is 685. The van der Waals surface area contributed by atoms with Crippen LogP contribution in [0.25, 0.3) is 0 Å². The molecular weight excluding hydrogens is 310 g/mol. The average Bonchev–Trinajstić information content (AvgIpc) is 2.97. The van der Waals surface area contributed by atoms with Gasteiger partial charge in [0, 0.05) is 12.6 Å². The lowest BCUT2D eigenvalue weighted by molar-refractivity contribution is -0.140. The summed E-state index contributed by atoms with van der Waals surface area (Å²) in [5.74, 6) is -0.410. The number of sulfonamides is 1. The number of carboxylic acid groups (broad SMARTS) is 1. The van der Waals surface area contributed by atoms with Crippen LogP contribution < -0.4 is 9.47 Å². The Balaban J connectivity index is 2.52. The van der Waals surface area contributed by atoms with Gasteiger partial charge in [0.15, 0.2) is 11.5 Å². The lowest BCUT2D eigenvalue weighted by Crippen LogP contribution is -2.40.